The van der Waals surface area contributed by atoms with Gasteiger partial charge in [0.1, 0.15) is 6.61 Å². The van der Waals surface area contributed by atoms with E-state index in [-0.39, 0.29) is 24.7 Å². The average Bonchev–Trinajstić information content (AvgIpc) is 2.18. The summed E-state index contributed by atoms with van der Waals surface area (Å²) in [7, 11) is 0. The normalized spacial score (nSPS) is 26.3. The first kappa shape index (κ1) is 12.4. The molecule has 88 valence electrons. The minimum Gasteiger partial charge on any atom is -0.393 e. The number of ether oxygens (including phenoxy) is 1. The van der Waals surface area contributed by atoms with Gasteiger partial charge in [0.25, 0.3) is 0 Å². The van der Waals surface area contributed by atoms with Crippen LogP contribution in [0.2, 0.25) is 0 Å². The van der Waals surface area contributed by atoms with Crippen molar-refractivity contribution in [3.05, 3.63) is 0 Å². The lowest BCUT2D eigenvalue weighted by Crippen LogP contribution is -2.41. The first-order valence-electron chi connectivity index (χ1n) is 5.47. The molecule has 0 saturated heterocycles. The van der Waals surface area contributed by atoms with E-state index >= 15 is 0 Å². The summed E-state index contributed by atoms with van der Waals surface area (Å²) in [6, 6.07) is 0.0997. The van der Waals surface area contributed by atoms with Crippen LogP contribution in [0.25, 0.3) is 0 Å². The lowest BCUT2D eigenvalue weighted by atomic mass is 9.93. The second-order valence-corrected chi connectivity index (χ2v) is 3.93. The van der Waals surface area contributed by atoms with Gasteiger partial charge in [-0.15, -0.1) is 0 Å². The van der Waals surface area contributed by atoms with E-state index in [1.165, 1.54) is 0 Å². The molecule has 0 aromatic heterocycles. The molecule has 0 spiro atoms. The number of hydrogen-bond acceptors (Lipinski definition) is 4. The zero-order valence-electron chi connectivity index (χ0n) is 8.95. The van der Waals surface area contributed by atoms with Crippen LogP contribution in [0.3, 0.4) is 0 Å². The number of rotatable bonds is 5. The van der Waals surface area contributed by atoms with Gasteiger partial charge in [-0.1, -0.05) is 0 Å². The summed E-state index contributed by atoms with van der Waals surface area (Å²) in [5.74, 6) is -0.123. The van der Waals surface area contributed by atoms with Gasteiger partial charge in [0.2, 0.25) is 5.91 Å². The average molecular weight is 216 g/mol. The second-order valence-electron chi connectivity index (χ2n) is 3.93. The van der Waals surface area contributed by atoms with Crippen LogP contribution in [0.5, 0.6) is 0 Å². The molecule has 15 heavy (non-hydrogen) atoms. The van der Waals surface area contributed by atoms with Crippen molar-refractivity contribution in [1.29, 1.82) is 0 Å². The van der Waals surface area contributed by atoms with E-state index < -0.39 is 0 Å². The molecule has 2 unspecified atom stereocenters. The van der Waals surface area contributed by atoms with Crippen molar-refractivity contribution in [2.24, 2.45) is 5.73 Å². The molecule has 4 N–H and O–H groups in total. The fourth-order valence-electron chi connectivity index (χ4n) is 1.81. The standard InChI is InChI=1S/C10H20N2O3/c11-4-5-15-7-10(14)12-8-2-1-3-9(13)6-8/h8-9,13H,1-7,11H2,(H,12,14). The van der Waals surface area contributed by atoms with Crippen LogP contribution < -0.4 is 11.1 Å². The third kappa shape index (κ3) is 5.11. The Balaban J connectivity index is 2.13. The minimum atomic E-state index is -0.269. The molecule has 0 radical (unpaired) electrons. The molecule has 2 atom stereocenters. The van der Waals surface area contributed by atoms with Crippen molar-refractivity contribution in [3.8, 4) is 0 Å². The molecule has 0 heterocycles. The topological polar surface area (TPSA) is 84.6 Å². The Labute approximate surface area is 90.0 Å². The van der Waals surface area contributed by atoms with Crippen LogP contribution in [0, 0.1) is 0 Å². The zero-order chi connectivity index (χ0) is 11.1. The highest BCUT2D eigenvalue weighted by atomic mass is 16.5. The van der Waals surface area contributed by atoms with Crippen molar-refractivity contribution in [1.82, 2.24) is 5.32 Å². The lowest BCUT2D eigenvalue weighted by molar-refractivity contribution is -0.126. The van der Waals surface area contributed by atoms with Gasteiger partial charge in [-0.2, -0.15) is 0 Å². The van der Waals surface area contributed by atoms with Gasteiger partial charge >= 0.3 is 0 Å². The highest BCUT2D eigenvalue weighted by molar-refractivity contribution is 5.77. The highest BCUT2D eigenvalue weighted by Crippen LogP contribution is 2.17. The van der Waals surface area contributed by atoms with Gasteiger partial charge in [0.05, 0.1) is 12.7 Å². The van der Waals surface area contributed by atoms with Gasteiger partial charge in [-0.3, -0.25) is 4.79 Å². The summed E-state index contributed by atoms with van der Waals surface area (Å²) in [6.45, 7) is 0.889. The molecule has 5 heteroatoms. The van der Waals surface area contributed by atoms with Crippen LogP contribution in [-0.2, 0) is 9.53 Å². The Kier molecular flexibility index (Phi) is 5.60. The third-order valence-corrected chi connectivity index (χ3v) is 2.51. The van der Waals surface area contributed by atoms with E-state index in [0.717, 1.165) is 19.3 Å². The molecule has 1 amide bonds. The number of carbonyl (C=O) groups is 1. The van der Waals surface area contributed by atoms with Gasteiger partial charge in [0.15, 0.2) is 0 Å². The minimum absolute atomic E-state index is 0.0593. The Morgan fingerprint density at radius 2 is 2.33 bits per heavy atom. The molecule has 0 aliphatic heterocycles. The van der Waals surface area contributed by atoms with Gasteiger partial charge < -0.3 is 20.9 Å². The van der Waals surface area contributed by atoms with Crippen molar-refractivity contribution in [2.75, 3.05) is 19.8 Å². The summed E-state index contributed by atoms with van der Waals surface area (Å²) in [4.78, 5) is 11.3. The number of aliphatic hydroxyl groups excluding tert-OH is 1. The highest BCUT2D eigenvalue weighted by Gasteiger charge is 2.21. The number of nitrogens with two attached hydrogens (primary N) is 1. The number of amides is 1. The van der Waals surface area contributed by atoms with E-state index in [1.54, 1.807) is 0 Å². The van der Waals surface area contributed by atoms with Crippen molar-refractivity contribution in [3.63, 3.8) is 0 Å². The van der Waals surface area contributed by atoms with E-state index in [0.29, 0.717) is 19.6 Å². The zero-order valence-corrected chi connectivity index (χ0v) is 8.95. The Hall–Kier alpha value is -0.650. The molecular formula is C10H20N2O3. The summed E-state index contributed by atoms with van der Waals surface area (Å²) in [5.41, 5.74) is 5.23. The smallest absolute Gasteiger partial charge is 0.246 e. The van der Waals surface area contributed by atoms with Crippen LogP contribution in [-0.4, -0.2) is 42.9 Å². The Morgan fingerprint density at radius 3 is 3.00 bits per heavy atom. The van der Waals surface area contributed by atoms with Crippen LogP contribution in [0.4, 0.5) is 0 Å². The van der Waals surface area contributed by atoms with Crippen molar-refractivity contribution >= 4 is 5.91 Å². The van der Waals surface area contributed by atoms with Gasteiger partial charge in [-0.05, 0) is 25.7 Å². The first-order valence-corrected chi connectivity index (χ1v) is 5.47. The quantitative estimate of drug-likeness (QED) is 0.535. The fourth-order valence-corrected chi connectivity index (χ4v) is 1.81. The molecule has 5 nitrogen and oxygen atoms in total. The van der Waals surface area contributed by atoms with Crippen LogP contribution >= 0.6 is 0 Å². The molecule has 1 fully saturated rings. The van der Waals surface area contributed by atoms with E-state index in [1.807, 2.05) is 0 Å². The maximum atomic E-state index is 11.3. The number of carbonyl (C=O) groups excluding carboxylic acids is 1. The molecule has 1 saturated carbocycles. The molecule has 1 aliphatic carbocycles. The Bertz CT molecular complexity index is 199. The molecule has 0 aromatic rings. The summed E-state index contributed by atoms with van der Waals surface area (Å²) in [5, 5.41) is 12.3. The molecule has 0 bridgehead atoms. The first-order chi connectivity index (χ1) is 7.22. The van der Waals surface area contributed by atoms with Crippen molar-refractivity contribution in [2.45, 2.75) is 37.8 Å². The van der Waals surface area contributed by atoms with Gasteiger partial charge in [-0.25, -0.2) is 0 Å². The van der Waals surface area contributed by atoms with Gasteiger partial charge in [0, 0.05) is 12.6 Å². The monoisotopic (exact) mass is 216 g/mol. The predicted molar refractivity (Wildman–Crippen MR) is 56.3 cm³/mol. The lowest BCUT2D eigenvalue weighted by Gasteiger charge is -2.26. The summed E-state index contributed by atoms with van der Waals surface area (Å²) >= 11 is 0. The number of hydrogen-bond donors (Lipinski definition) is 3. The predicted octanol–water partition coefficient (Wildman–Crippen LogP) is -0.619. The van der Waals surface area contributed by atoms with E-state index in [9.17, 15) is 9.90 Å². The van der Waals surface area contributed by atoms with E-state index in [2.05, 4.69) is 5.32 Å². The fraction of sp³-hybridized carbons (Fsp3) is 0.900. The summed E-state index contributed by atoms with van der Waals surface area (Å²) in [6.07, 6.45) is 3.14. The maximum absolute atomic E-state index is 11.3. The van der Waals surface area contributed by atoms with Crippen LogP contribution in [0.1, 0.15) is 25.7 Å². The number of nitrogens with one attached hydrogen (secondary N) is 1. The van der Waals surface area contributed by atoms with Crippen molar-refractivity contribution < 1.29 is 14.6 Å². The largest absolute Gasteiger partial charge is 0.393 e. The molecular weight excluding hydrogens is 196 g/mol. The molecule has 0 aromatic carbocycles. The third-order valence-electron chi connectivity index (χ3n) is 2.51. The number of aliphatic hydroxyl groups is 1. The van der Waals surface area contributed by atoms with Crippen LogP contribution in [0.15, 0.2) is 0 Å². The molecule has 1 rings (SSSR count). The maximum Gasteiger partial charge on any atom is 0.246 e. The van der Waals surface area contributed by atoms with E-state index in [4.69, 9.17) is 10.5 Å². The second kappa shape index (κ2) is 6.76. The summed E-state index contributed by atoms with van der Waals surface area (Å²) < 4.78 is 5.01. The SMILES string of the molecule is NCCOCC(=O)NC1CCCC(O)C1. The molecule has 1 aliphatic rings. The Morgan fingerprint density at radius 1 is 1.53 bits per heavy atom.